The summed E-state index contributed by atoms with van der Waals surface area (Å²) in [5, 5.41) is 5.74. The smallest absolute Gasteiger partial charge is 0.422 e. The highest BCUT2D eigenvalue weighted by atomic mass is 32.2. The van der Waals surface area contributed by atoms with Crippen LogP contribution >= 0.6 is 11.8 Å². The van der Waals surface area contributed by atoms with Crippen molar-refractivity contribution in [1.29, 1.82) is 0 Å². The lowest BCUT2D eigenvalue weighted by Crippen LogP contribution is -2.46. The number of amides is 1. The number of nitrogens with zero attached hydrogens (tertiary/aromatic N) is 1. The number of halogens is 3. The Morgan fingerprint density at radius 2 is 2.33 bits per heavy atom. The number of pyridine rings is 1. The number of rotatable bonds is 4. The topological polar surface area (TPSA) is 63.2 Å². The molecule has 21 heavy (non-hydrogen) atoms. The fourth-order valence-corrected chi connectivity index (χ4v) is 2.59. The van der Waals surface area contributed by atoms with Gasteiger partial charge in [-0.15, -0.1) is 0 Å². The molecule has 1 aromatic heterocycles. The van der Waals surface area contributed by atoms with Gasteiger partial charge in [-0.25, -0.2) is 4.98 Å². The molecule has 2 N–H and O–H groups in total. The number of hydrogen-bond acceptors (Lipinski definition) is 5. The van der Waals surface area contributed by atoms with E-state index in [9.17, 15) is 18.0 Å². The number of thioether (sulfide) groups is 1. The molecule has 1 aliphatic heterocycles. The second-order valence-corrected chi connectivity index (χ2v) is 5.51. The van der Waals surface area contributed by atoms with Gasteiger partial charge < -0.3 is 15.4 Å². The standard InChI is InChI=1S/C12H14F3N3O2S/c13-12(14,15)7-20-10-2-1-8(5-17-10)18-11(19)9-6-21-4-3-16-9/h1-2,5,9,16H,3-4,6-7H2,(H,18,19). The summed E-state index contributed by atoms with van der Waals surface area (Å²) in [4.78, 5) is 15.6. The zero-order valence-electron chi connectivity index (χ0n) is 10.9. The van der Waals surface area contributed by atoms with Gasteiger partial charge in [0.05, 0.1) is 17.9 Å². The average molecular weight is 321 g/mol. The summed E-state index contributed by atoms with van der Waals surface area (Å²) in [5.41, 5.74) is 0.414. The molecule has 2 rings (SSSR count). The first-order valence-electron chi connectivity index (χ1n) is 6.22. The second-order valence-electron chi connectivity index (χ2n) is 4.36. The Bertz CT molecular complexity index is 476. The van der Waals surface area contributed by atoms with E-state index in [2.05, 4.69) is 20.4 Å². The molecule has 0 radical (unpaired) electrons. The maximum absolute atomic E-state index is 12.0. The number of anilines is 1. The van der Waals surface area contributed by atoms with Crippen LogP contribution in [0.15, 0.2) is 18.3 Å². The van der Waals surface area contributed by atoms with Gasteiger partial charge >= 0.3 is 6.18 Å². The SMILES string of the molecule is O=C(Nc1ccc(OCC(F)(F)F)nc1)C1CSCCN1. The molecule has 1 fully saturated rings. The van der Waals surface area contributed by atoms with Gasteiger partial charge in [0.15, 0.2) is 6.61 Å². The van der Waals surface area contributed by atoms with Crippen molar-refractivity contribution in [3.63, 3.8) is 0 Å². The average Bonchev–Trinajstić information content (AvgIpc) is 2.46. The van der Waals surface area contributed by atoms with Gasteiger partial charge in [-0.1, -0.05) is 0 Å². The number of hydrogen-bond donors (Lipinski definition) is 2. The van der Waals surface area contributed by atoms with Crippen LogP contribution < -0.4 is 15.4 Å². The highest BCUT2D eigenvalue weighted by Crippen LogP contribution is 2.18. The van der Waals surface area contributed by atoms with E-state index < -0.39 is 12.8 Å². The molecule has 1 amide bonds. The summed E-state index contributed by atoms with van der Waals surface area (Å²) in [6.07, 6.45) is -3.14. The summed E-state index contributed by atoms with van der Waals surface area (Å²) in [6, 6.07) is 2.46. The minimum absolute atomic E-state index is 0.142. The Labute approximate surface area is 123 Å². The summed E-state index contributed by atoms with van der Waals surface area (Å²) in [6.45, 7) is -0.625. The predicted octanol–water partition coefficient (Wildman–Crippen LogP) is 1.67. The molecule has 1 aromatic rings. The molecule has 9 heteroatoms. The van der Waals surface area contributed by atoms with E-state index in [1.165, 1.54) is 18.3 Å². The van der Waals surface area contributed by atoms with Gasteiger partial charge in [0.2, 0.25) is 11.8 Å². The van der Waals surface area contributed by atoms with E-state index in [1.807, 2.05) is 0 Å². The van der Waals surface area contributed by atoms with Crippen molar-refractivity contribution < 1.29 is 22.7 Å². The van der Waals surface area contributed by atoms with Crippen LogP contribution in [-0.2, 0) is 4.79 Å². The van der Waals surface area contributed by atoms with Crippen molar-refractivity contribution in [2.75, 3.05) is 30.0 Å². The third kappa shape index (κ3) is 5.43. The molecule has 5 nitrogen and oxygen atoms in total. The van der Waals surface area contributed by atoms with E-state index in [0.29, 0.717) is 11.4 Å². The van der Waals surface area contributed by atoms with Crippen LogP contribution in [0.3, 0.4) is 0 Å². The quantitative estimate of drug-likeness (QED) is 0.883. The van der Waals surface area contributed by atoms with Crippen LogP contribution in [0.2, 0.25) is 0 Å². The Kier molecular flexibility index (Phi) is 5.29. The van der Waals surface area contributed by atoms with Gasteiger partial charge in [0.25, 0.3) is 0 Å². The molecule has 1 unspecified atom stereocenters. The Balaban J connectivity index is 1.85. The van der Waals surface area contributed by atoms with Gasteiger partial charge in [-0.05, 0) is 6.07 Å². The molecule has 0 aliphatic carbocycles. The van der Waals surface area contributed by atoms with Crippen LogP contribution in [0.4, 0.5) is 18.9 Å². The first-order chi connectivity index (χ1) is 9.94. The molecule has 2 heterocycles. The van der Waals surface area contributed by atoms with Crippen LogP contribution in [0.5, 0.6) is 5.88 Å². The lowest BCUT2D eigenvalue weighted by molar-refractivity contribution is -0.154. The van der Waals surface area contributed by atoms with Crippen molar-refractivity contribution in [3.05, 3.63) is 18.3 Å². The monoisotopic (exact) mass is 321 g/mol. The minimum atomic E-state index is -4.40. The minimum Gasteiger partial charge on any atom is -0.468 e. The normalized spacial score (nSPS) is 19.1. The number of nitrogens with one attached hydrogen (secondary N) is 2. The fraction of sp³-hybridized carbons (Fsp3) is 0.500. The lowest BCUT2D eigenvalue weighted by atomic mass is 10.3. The van der Waals surface area contributed by atoms with E-state index in [1.54, 1.807) is 11.8 Å². The van der Waals surface area contributed by atoms with Crippen molar-refractivity contribution in [3.8, 4) is 5.88 Å². The molecule has 1 saturated heterocycles. The molecule has 0 bridgehead atoms. The van der Waals surface area contributed by atoms with E-state index in [-0.39, 0.29) is 17.8 Å². The molecule has 116 valence electrons. The Hall–Kier alpha value is -1.48. The van der Waals surface area contributed by atoms with E-state index in [0.717, 1.165) is 12.3 Å². The Morgan fingerprint density at radius 1 is 1.52 bits per heavy atom. The van der Waals surface area contributed by atoms with Gasteiger partial charge in [0, 0.05) is 24.1 Å². The van der Waals surface area contributed by atoms with Gasteiger partial charge in [-0.3, -0.25) is 4.79 Å². The lowest BCUT2D eigenvalue weighted by Gasteiger charge is -2.22. The fourth-order valence-electron chi connectivity index (χ4n) is 1.66. The molecular formula is C12H14F3N3O2S. The second kappa shape index (κ2) is 6.99. The summed E-state index contributed by atoms with van der Waals surface area (Å²) < 4.78 is 40.4. The maximum atomic E-state index is 12.0. The zero-order valence-corrected chi connectivity index (χ0v) is 11.8. The van der Waals surface area contributed by atoms with Crippen LogP contribution in [0.1, 0.15) is 0 Å². The van der Waals surface area contributed by atoms with Gasteiger partial charge in [-0.2, -0.15) is 24.9 Å². The van der Waals surface area contributed by atoms with Crippen molar-refractivity contribution >= 4 is 23.4 Å². The van der Waals surface area contributed by atoms with Crippen molar-refractivity contribution in [2.24, 2.45) is 0 Å². The van der Waals surface area contributed by atoms with Gasteiger partial charge in [0.1, 0.15) is 0 Å². The number of carbonyl (C=O) groups is 1. The highest BCUT2D eigenvalue weighted by molar-refractivity contribution is 7.99. The zero-order chi connectivity index (χ0) is 15.3. The maximum Gasteiger partial charge on any atom is 0.422 e. The van der Waals surface area contributed by atoms with E-state index >= 15 is 0 Å². The molecule has 1 aliphatic rings. The number of carbonyl (C=O) groups excluding carboxylic acids is 1. The summed E-state index contributed by atoms with van der Waals surface area (Å²) >= 11 is 1.69. The number of alkyl halides is 3. The molecule has 0 spiro atoms. The molecular weight excluding hydrogens is 307 g/mol. The predicted molar refractivity (Wildman–Crippen MR) is 73.5 cm³/mol. The molecule has 1 atom stereocenters. The highest BCUT2D eigenvalue weighted by Gasteiger charge is 2.28. The largest absolute Gasteiger partial charge is 0.468 e. The number of aromatic nitrogens is 1. The first-order valence-corrected chi connectivity index (χ1v) is 7.37. The number of ether oxygens (including phenoxy) is 1. The van der Waals surface area contributed by atoms with Crippen molar-refractivity contribution in [2.45, 2.75) is 12.2 Å². The van der Waals surface area contributed by atoms with E-state index in [4.69, 9.17) is 0 Å². The Morgan fingerprint density at radius 3 is 2.90 bits per heavy atom. The van der Waals surface area contributed by atoms with Crippen LogP contribution in [0.25, 0.3) is 0 Å². The van der Waals surface area contributed by atoms with Crippen molar-refractivity contribution in [1.82, 2.24) is 10.3 Å². The molecule has 0 saturated carbocycles. The summed E-state index contributed by atoms with van der Waals surface area (Å²) in [7, 11) is 0. The van der Waals surface area contributed by atoms with Crippen LogP contribution in [0, 0.1) is 0 Å². The third-order valence-electron chi connectivity index (χ3n) is 2.63. The first kappa shape index (κ1) is 15.9. The van der Waals surface area contributed by atoms with Crippen LogP contribution in [-0.4, -0.2) is 47.8 Å². The summed E-state index contributed by atoms with van der Waals surface area (Å²) in [5.74, 6) is 1.33. The third-order valence-corrected chi connectivity index (χ3v) is 3.69. The molecule has 0 aromatic carbocycles.